The predicted molar refractivity (Wildman–Crippen MR) is 93.7 cm³/mol. The monoisotopic (exact) mass is 356 g/mol. The first-order valence-corrected chi connectivity index (χ1v) is 7.66. The van der Waals surface area contributed by atoms with Gasteiger partial charge in [0.25, 0.3) is 0 Å². The summed E-state index contributed by atoms with van der Waals surface area (Å²) in [4.78, 5) is 11.6. The first-order chi connectivity index (χ1) is 12.6. The molecule has 2 amide bonds. The van der Waals surface area contributed by atoms with Crippen molar-refractivity contribution < 1.29 is 13.9 Å². The van der Waals surface area contributed by atoms with Crippen molar-refractivity contribution in [2.75, 3.05) is 5.01 Å². The summed E-state index contributed by atoms with van der Waals surface area (Å²) in [6.45, 7) is -0.145. The number of halogens is 1. The fourth-order valence-corrected chi connectivity index (χ4v) is 2.35. The van der Waals surface area contributed by atoms with Crippen LogP contribution in [0.15, 0.2) is 60.9 Å². The van der Waals surface area contributed by atoms with Gasteiger partial charge in [0.05, 0.1) is 29.3 Å². The smallest absolute Gasteiger partial charge is 0.350 e. The average Bonchev–Trinajstić information content (AvgIpc) is 3.15. The lowest BCUT2D eigenvalue weighted by molar-refractivity contribution is 0.246. The van der Waals surface area contributed by atoms with Crippen LogP contribution in [0.3, 0.4) is 0 Å². The predicted octanol–water partition coefficient (Wildman–Crippen LogP) is 1.85. The topological polar surface area (TPSA) is 111 Å². The van der Waals surface area contributed by atoms with Gasteiger partial charge in [-0.1, -0.05) is 24.3 Å². The van der Waals surface area contributed by atoms with Crippen LogP contribution in [0.5, 0.6) is 5.75 Å². The average molecular weight is 356 g/mol. The molecule has 8 nitrogen and oxygen atoms in total. The maximum Gasteiger partial charge on any atom is 0.350 e. The van der Waals surface area contributed by atoms with Crippen molar-refractivity contribution in [1.29, 1.82) is 0 Å². The molecule has 9 heteroatoms. The van der Waals surface area contributed by atoms with Crippen LogP contribution in [0.4, 0.5) is 14.9 Å². The zero-order chi connectivity index (χ0) is 18.5. The molecule has 0 aliphatic rings. The Balaban J connectivity index is 1.78. The number of aromatic nitrogens is 2. The number of nitrogens with one attached hydrogen (secondary N) is 1. The van der Waals surface area contributed by atoms with Crippen LogP contribution >= 0.6 is 0 Å². The minimum absolute atomic E-state index is 0.117. The molecule has 0 bridgehead atoms. The van der Waals surface area contributed by atoms with E-state index in [1.807, 2.05) is 35.8 Å². The van der Waals surface area contributed by atoms with Gasteiger partial charge in [-0.25, -0.2) is 30.6 Å². The Kier molecular flexibility index (Phi) is 5.11. The number of para-hydroxylation sites is 1. The van der Waals surface area contributed by atoms with Crippen molar-refractivity contribution in [1.82, 2.24) is 15.2 Å². The van der Waals surface area contributed by atoms with Gasteiger partial charge >= 0.3 is 6.03 Å². The third kappa shape index (κ3) is 3.63. The Morgan fingerprint density at radius 2 is 2.00 bits per heavy atom. The Labute approximate surface area is 148 Å². The highest BCUT2D eigenvalue weighted by molar-refractivity contribution is 5.91. The number of carbonyl (C=O) groups excluding carboxylic acids is 1. The van der Waals surface area contributed by atoms with Gasteiger partial charge in [-0.05, 0) is 24.3 Å². The number of ether oxygens (including phenoxy) is 1. The van der Waals surface area contributed by atoms with Gasteiger partial charge in [-0.3, -0.25) is 5.43 Å². The zero-order valence-corrected chi connectivity index (χ0v) is 13.7. The molecule has 26 heavy (non-hydrogen) atoms. The van der Waals surface area contributed by atoms with E-state index in [0.29, 0.717) is 5.75 Å². The van der Waals surface area contributed by atoms with Crippen LogP contribution in [0, 0.1) is 5.82 Å². The quantitative estimate of drug-likeness (QED) is 0.367. The van der Waals surface area contributed by atoms with E-state index in [-0.39, 0.29) is 17.9 Å². The number of rotatable bonds is 5. The first-order valence-electron chi connectivity index (χ1n) is 7.66. The SMILES string of the molecule is NNC(=O)N(N)c1cccc(F)c1COc1cnn(-c2ccccc2)c1. The highest BCUT2D eigenvalue weighted by Crippen LogP contribution is 2.24. The number of nitrogens with two attached hydrogens (primary N) is 2. The van der Waals surface area contributed by atoms with Gasteiger partial charge < -0.3 is 4.74 Å². The third-order valence-electron chi connectivity index (χ3n) is 3.66. The molecule has 0 spiro atoms. The maximum absolute atomic E-state index is 14.2. The molecule has 0 saturated heterocycles. The lowest BCUT2D eigenvalue weighted by Gasteiger charge is -2.19. The molecule has 5 N–H and O–H groups in total. The number of amides is 2. The summed E-state index contributed by atoms with van der Waals surface area (Å²) in [6, 6.07) is 12.9. The highest BCUT2D eigenvalue weighted by Gasteiger charge is 2.18. The van der Waals surface area contributed by atoms with Crippen molar-refractivity contribution >= 4 is 11.7 Å². The number of hydrazine groups is 2. The van der Waals surface area contributed by atoms with E-state index >= 15 is 0 Å². The number of anilines is 1. The lowest BCUT2D eigenvalue weighted by atomic mass is 10.1. The Hall–Kier alpha value is -3.43. The van der Waals surface area contributed by atoms with Crippen LogP contribution in [0.2, 0.25) is 0 Å². The summed E-state index contributed by atoms with van der Waals surface area (Å²) in [5.74, 6) is 10.6. The van der Waals surface area contributed by atoms with Gasteiger partial charge in [0.2, 0.25) is 0 Å². The lowest BCUT2D eigenvalue weighted by Crippen LogP contribution is -2.48. The van der Waals surface area contributed by atoms with E-state index in [0.717, 1.165) is 10.7 Å². The molecule has 3 aromatic rings. The standard InChI is InChI=1S/C17H17FN6O2/c18-15-7-4-8-16(24(20)17(25)22-19)14(15)11-26-13-9-21-23(10-13)12-5-2-1-3-6-12/h1-10H,11,19-20H2,(H,22,25). The van der Waals surface area contributed by atoms with Crippen LogP contribution in [0.25, 0.3) is 5.69 Å². The maximum atomic E-state index is 14.2. The van der Waals surface area contributed by atoms with Crippen LogP contribution < -0.4 is 26.9 Å². The molecule has 0 unspecified atom stereocenters. The Bertz CT molecular complexity index is 899. The van der Waals surface area contributed by atoms with E-state index in [4.69, 9.17) is 16.4 Å². The van der Waals surface area contributed by atoms with Crippen molar-refractivity contribution in [3.05, 3.63) is 72.3 Å². The molecule has 0 aliphatic carbocycles. The number of carbonyl (C=O) groups is 1. The molecule has 134 valence electrons. The summed E-state index contributed by atoms with van der Waals surface area (Å²) >= 11 is 0. The highest BCUT2D eigenvalue weighted by atomic mass is 19.1. The van der Waals surface area contributed by atoms with Gasteiger partial charge in [-0.15, -0.1) is 0 Å². The first kappa shape index (κ1) is 17.4. The van der Waals surface area contributed by atoms with E-state index in [9.17, 15) is 9.18 Å². The molecule has 3 rings (SSSR count). The van der Waals surface area contributed by atoms with Gasteiger partial charge in [0, 0.05) is 0 Å². The summed E-state index contributed by atoms with van der Waals surface area (Å²) in [6.07, 6.45) is 3.18. The largest absolute Gasteiger partial charge is 0.485 e. The number of hydrogen-bond acceptors (Lipinski definition) is 5. The van der Waals surface area contributed by atoms with E-state index in [1.54, 1.807) is 10.9 Å². The van der Waals surface area contributed by atoms with E-state index < -0.39 is 11.8 Å². The Morgan fingerprint density at radius 1 is 1.23 bits per heavy atom. The van der Waals surface area contributed by atoms with E-state index in [2.05, 4.69) is 5.10 Å². The van der Waals surface area contributed by atoms with Gasteiger partial charge in [-0.2, -0.15) is 5.10 Å². The normalized spacial score (nSPS) is 10.4. The number of nitrogens with zero attached hydrogens (tertiary/aromatic N) is 3. The van der Waals surface area contributed by atoms with E-state index in [1.165, 1.54) is 24.4 Å². The minimum Gasteiger partial charge on any atom is -0.485 e. The van der Waals surface area contributed by atoms with Crippen LogP contribution in [-0.4, -0.2) is 15.8 Å². The second kappa shape index (κ2) is 7.64. The van der Waals surface area contributed by atoms with Gasteiger partial charge in [0.15, 0.2) is 5.75 Å². The second-order valence-electron chi connectivity index (χ2n) is 5.30. The molecule has 0 atom stereocenters. The van der Waals surface area contributed by atoms with Gasteiger partial charge in [0.1, 0.15) is 12.4 Å². The Morgan fingerprint density at radius 3 is 2.73 bits per heavy atom. The van der Waals surface area contributed by atoms with Crippen LogP contribution in [0.1, 0.15) is 5.56 Å². The molecule has 1 heterocycles. The molecular weight excluding hydrogens is 339 g/mol. The van der Waals surface area contributed by atoms with Crippen molar-refractivity contribution in [3.63, 3.8) is 0 Å². The number of urea groups is 1. The summed E-state index contributed by atoms with van der Waals surface area (Å²) in [5, 5.41) is 4.92. The van der Waals surface area contributed by atoms with Crippen molar-refractivity contribution in [2.24, 2.45) is 11.7 Å². The summed E-state index contributed by atoms with van der Waals surface area (Å²) in [5.41, 5.74) is 3.01. The third-order valence-corrected chi connectivity index (χ3v) is 3.66. The second-order valence-corrected chi connectivity index (χ2v) is 5.30. The molecule has 2 aromatic carbocycles. The zero-order valence-electron chi connectivity index (χ0n) is 13.7. The molecule has 0 fully saturated rings. The molecule has 0 aliphatic heterocycles. The van der Waals surface area contributed by atoms with Crippen LogP contribution in [-0.2, 0) is 6.61 Å². The summed E-state index contributed by atoms with van der Waals surface area (Å²) in [7, 11) is 0. The van der Waals surface area contributed by atoms with Crippen molar-refractivity contribution in [3.8, 4) is 11.4 Å². The number of hydrogen-bond donors (Lipinski definition) is 3. The molecular formula is C17H17FN6O2. The fourth-order valence-electron chi connectivity index (χ4n) is 2.35. The summed E-state index contributed by atoms with van der Waals surface area (Å²) < 4.78 is 21.4. The molecule has 0 radical (unpaired) electrons. The number of benzene rings is 2. The fraction of sp³-hybridized carbons (Fsp3) is 0.0588. The molecule has 0 saturated carbocycles. The minimum atomic E-state index is -0.784. The van der Waals surface area contributed by atoms with Crippen molar-refractivity contribution in [2.45, 2.75) is 6.61 Å². The molecule has 1 aromatic heterocycles.